The molecule has 5 aromatic rings. The van der Waals surface area contributed by atoms with Crippen LogP contribution in [0, 0.1) is 0 Å². The molecule has 4 aromatic carbocycles. The summed E-state index contributed by atoms with van der Waals surface area (Å²) in [4.78, 5) is 0. The number of rotatable bonds is 1. The van der Waals surface area contributed by atoms with Crippen molar-refractivity contribution in [2.24, 2.45) is 0 Å². The highest BCUT2D eigenvalue weighted by Gasteiger charge is 2.14. The van der Waals surface area contributed by atoms with Gasteiger partial charge in [0.2, 0.25) is 0 Å². The second-order valence-electron chi connectivity index (χ2n) is 6.18. The van der Waals surface area contributed by atoms with Gasteiger partial charge in [0.05, 0.1) is 0 Å². The molecule has 5 rings (SSSR count). The number of phenolic OH excluding ortho intramolecular Hbond substituents is 2. The van der Waals surface area contributed by atoms with Crippen molar-refractivity contribution < 1.29 is 14.6 Å². The quantitative estimate of drug-likeness (QED) is 0.382. The van der Waals surface area contributed by atoms with Gasteiger partial charge in [-0.15, -0.1) is 0 Å². The van der Waals surface area contributed by atoms with Crippen molar-refractivity contribution in [2.45, 2.75) is 0 Å². The molecule has 0 saturated carbocycles. The second kappa shape index (κ2) is 5.02. The Bertz CT molecular complexity index is 1250. The van der Waals surface area contributed by atoms with E-state index in [1.165, 1.54) is 0 Å². The first-order valence-corrected chi connectivity index (χ1v) is 8.07. The van der Waals surface area contributed by atoms with Gasteiger partial charge in [0.15, 0.2) is 0 Å². The van der Waals surface area contributed by atoms with Gasteiger partial charge in [0, 0.05) is 16.3 Å². The summed E-state index contributed by atoms with van der Waals surface area (Å²) in [7, 11) is 0. The van der Waals surface area contributed by atoms with Crippen LogP contribution in [-0.4, -0.2) is 10.2 Å². The lowest BCUT2D eigenvalue weighted by Crippen LogP contribution is -1.79. The summed E-state index contributed by atoms with van der Waals surface area (Å²) in [6, 6.07) is 22.5. The van der Waals surface area contributed by atoms with Crippen molar-refractivity contribution in [2.75, 3.05) is 0 Å². The lowest BCUT2D eigenvalue weighted by atomic mass is 9.98. The van der Waals surface area contributed by atoms with E-state index in [1.54, 1.807) is 24.3 Å². The molecule has 0 atom stereocenters. The Labute approximate surface area is 143 Å². The van der Waals surface area contributed by atoms with Crippen LogP contribution in [0.5, 0.6) is 11.5 Å². The monoisotopic (exact) mass is 326 g/mol. The van der Waals surface area contributed by atoms with Gasteiger partial charge in [-0.25, -0.2) is 0 Å². The van der Waals surface area contributed by atoms with Gasteiger partial charge in [0.25, 0.3) is 0 Å². The number of aromatic hydroxyl groups is 2. The van der Waals surface area contributed by atoms with E-state index in [2.05, 4.69) is 6.07 Å². The first kappa shape index (κ1) is 13.9. The van der Waals surface area contributed by atoms with E-state index in [0.29, 0.717) is 0 Å². The minimum atomic E-state index is 0.223. The highest BCUT2D eigenvalue weighted by Crippen LogP contribution is 2.40. The van der Waals surface area contributed by atoms with Crippen molar-refractivity contribution in [1.29, 1.82) is 0 Å². The van der Waals surface area contributed by atoms with Gasteiger partial charge >= 0.3 is 0 Å². The molecule has 3 nitrogen and oxygen atoms in total. The SMILES string of the molecule is Oc1ccc(-c2cc3c4cc(O)ccc4c4ccccc4c3o2)cc1. The van der Waals surface area contributed by atoms with Crippen molar-refractivity contribution in [3.8, 4) is 22.8 Å². The van der Waals surface area contributed by atoms with Crippen molar-refractivity contribution in [3.05, 3.63) is 72.8 Å². The maximum atomic E-state index is 9.96. The molecule has 0 spiro atoms. The molecule has 3 heteroatoms. The summed E-state index contributed by atoms with van der Waals surface area (Å²) in [5.74, 6) is 1.19. The average Bonchev–Trinajstić information content (AvgIpc) is 3.08. The number of phenols is 2. The predicted octanol–water partition coefficient (Wildman–Crippen LogP) is 5.82. The van der Waals surface area contributed by atoms with E-state index in [4.69, 9.17) is 4.42 Å². The molecule has 0 aliphatic carbocycles. The summed E-state index contributed by atoms with van der Waals surface area (Å²) in [5.41, 5.74) is 1.70. The molecule has 0 amide bonds. The molecule has 0 aliphatic rings. The van der Waals surface area contributed by atoms with E-state index in [-0.39, 0.29) is 11.5 Å². The molecule has 0 aliphatic heterocycles. The zero-order valence-electron chi connectivity index (χ0n) is 13.2. The third-order valence-corrected chi connectivity index (χ3v) is 4.64. The summed E-state index contributed by atoms with van der Waals surface area (Å²) in [6.07, 6.45) is 0. The summed E-state index contributed by atoms with van der Waals surface area (Å²) < 4.78 is 6.19. The standard InChI is InChI=1S/C22H14O3/c23-14-7-5-13(6-8-14)21-12-20-19-11-15(24)9-10-17(19)16-3-1-2-4-18(16)22(20)25-21/h1-12,23-24H. The van der Waals surface area contributed by atoms with Gasteiger partial charge in [-0.3, -0.25) is 0 Å². The highest BCUT2D eigenvalue weighted by molar-refractivity contribution is 6.24. The lowest BCUT2D eigenvalue weighted by Gasteiger charge is -2.06. The fourth-order valence-corrected chi connectivity index (χ4v) is 3.47. The van der Waals surface area contributed by atoms with Crippen LogP contribution in [-0.2, 0) is 0 Å². The average molecular weight is 326 g/mol. The lowest BCUT2D eigenvalue weighted by molar-refractivity contribution is 0.475. The van der Waals surface area contributed by atoms with Crippen LogP contribution < -0.4 is 0 Å². The molecular formula is C22H14O3. The molecule has 120 valence electrons. The normalized spacial score (nSPS) is 11.5. The molecule has 0 bridgehead atoms. The van der Waals surface area contributed by atoms with Crippen LogP contribution in [0.25, 0.3) is 43.8 Å². The fourth-order valence-electron chi connectivity index (χ4n) is 3.47. The first-order chi connectivity index (χ1) is 12.2. The maximum Gasteiger partial charge on any atom is 0.143 e. The van der Waals surface area contributed by atoms with E-state index in [9.17, 15) is 10.2 Å². The van der Waals surface area contributed by atoms with Crippen LogP contribution in [0.4, 0.5) is 0 Å². The molecule has 0 unspecified atom stereocenters. The van der Waals surface area contributed by atoms with Crippen LogP contribution in [0.15, 0.2) is 77.2 Å². The Balaban J connectivity index is 1.94. The van der Waals surface area contributed by atoms with Gasteiger partial charge in [0.1, 0.15) is 22.8 Å². The van der Waals surface area contributed by atoms with Crippen molar-refractivity contribution >= 4 is 32.5 Å². The molecule has 1 heterocycles. The second-order valence-corrected chi connectivity index (χ2v) is 6.18. The topological polar surface area (TPSA) is 53.6 Å². The largest absolute Gasteiger partial charge is 0.508 e. The molecule has 0 radical (unpaired) electrons. The van der Waals surface area contributed by atoms with E-state index in [0.717, 1.165) is 43.8 Å². The van der Waals surface area contributed by atoms with Crippen LogP contribution in [0.1, 0.15) is 0 Å². The first-order valence-electron chi connectivity index (χ1n) is 8.07. The molecule has 0 fully saturated rings. The van der Waals surface area contributed by atoms with Crippen molar-refractivity contribution in [1.82, 2.24) is 0 Å². The van der Waals surface area contributed by atoms with Crippen LogP contribution in [0.2, 0.25) is 0 Å². The molecule has 2 N–H and O–H groups in total. The number of hydrogen-bond acceptors (Lipinski definition) is 3. The Morgan fingerprint density at radius 2 is 1.24 bits per heavy atom. The summed E-state index contributed by atoms with van der Waals surface area (Å²) in [6.45, 7) is 0. The fraction of sp³-hybridized carbons (Fsp3) is 0. The number of benzene rings is 4. The van der Waals surface area contributed by atoms with Gasteiger partial charge in [-0.1, -0.05) is 30.3 Å². The van der Waals surface area contributed by atoms with Gasteiger partial charge in [-0.05, 0) is 58.6 Å². The Hall–Kier alpha value is -3.46. The zero-order chi connectivity index (χ0) is 17.0. The molecule has 1 aromatic heterocycles. The van der Waals surface area contributed by atoms with Crippen LogP contribution in [0.3, 0.4) is 0 Å². The predicted molar refractivity (Wildman–Crippen MR) is 100.0 cm³/mol. The maximum absolute atomic E-state index is 9.96. The molecule has 25 heavy (non-hydrogen) atoms. The Morgan fingerprint density at radius 1 is 0.560 bits per heavy atom. The Kier molecular flexibility index (Phi) is 2.80. The summed E-state index contributed by atoms with van der Waals surface area (Å²) in [5, 5.41) is 24.6. The van der Waals surface area contributed by atoms with E-state index < -0.39 is 0 Å². The van der Waals surface area contributed by atoms with Crippen LogP contribution >= 0.6 is 0 Å². The zero-order valence-corrected chi connectivity index (χ0v) is 13.2. The highest BCUT2D eigenvalue weighted by atomic mass is 16.3. The number of hydrogen-bond donors (Lipinski definition) is 2. The third kappa shape index (κ3) is 2.06. The minimum absolute atomic E-state index is 0.223. The molecular weight excluding hydrogens is 312 g/mol. The van der Waals surface area contributed by atoms with Crippen molar-refractivity contribution in [3.63, 3.8) is 0 Å². The minimum Gasteiger partial charge on any atom is -0.508 e. The number of fused-ring (bicyclic) bond motifs is 6. The van der Waals surface area contributed by atoms with Gasteiger partial charge < -0.3 is 14.6 Å². The van der Waals surface area contributed by atoms with Gasteiger partial charge in [-0.2, -0.15) is 0 Å². The van der Waals surface area contributed by atoms with E-state index >= 15 is 0 Å². The number of furan rings is 1. The Morgan fingerprint density at radius 3 is 2.04 bits per heavy atom. The smallest absolute Gasteiger partial charge is 0.143 e. The molecule has 0 saturated heterocycles. The summed E-state index contributed by atoms with van der Waals surface area (Å²) >= 11 is 0. The van der Waals surface area contributed by atoms with E-state index in [1.807, 2.05) is 42.5 Å². The third-order valence-electron chi connectivity index (χ3n) is 4.64.